The molecule has 1 amide bonds. The van der Waals surface area contributed by atoms with Gasteiger partial charge in [0.2, 0.25) is 5.91 Å². The molecule has 4 N–H and O–H groups in total. The van der Waals surface area contributed by atoms with E-state index in [9.17, 15) is 9.59 Å². The number of imidazole rings is 1. The predicted octanol–water partition coefficient (Wildman–Crippen LogP) is -0.905. The first-order valence-electron chi connectivity index (χ1n) is 5.30. The fraction of sp³-hybridized carbons (Fsp3) is 0.500. The number of H-pyrrole nitrogens is 1. The molecule has 92 valence electrons. The smallest absolute Gasteiger partial charge is 0.326 e. The number of nitrogens with two attached hydrogens (primary N) is 1. The average molecular weight is 238 g/mol. The molecular weight excluding hydrogens is 224 g/mol. The summed E-state index contributed by atoms with van der Waals surface area (Å²) >= 11 is 0. The van der Waals surface area contributed by atoms with Crippen LogP contribution in [0.5, 0.6) is 0 Å². The second-order valence-corrected chi connectivity index (χ2v) is 4.14. The molecule has 17 heavy (non-hydrogen) atoms. The lowest BCUT2D eigenvalue weighted by Gasteiger charge is -2.33. The number of amides is 1. The molecule has 1 aromatic rings. The number of hydrogen-bond acceptors (Lipinski definition) is 4. The summed E-state index contributed by atoms with van der Waals surface area (Å²) in [5.74, 6) is -1.40. The van der Waals surface area contributed by atoms with E-state index in [-0.39, 0.29) is 18.9 Å². The van der Waals surface area contributed by atoms with E-state index < -0.39 is 18.1 Å². The van der Waals surface area contributed by atoms with Crippen LogP contribution in [0.1, 0.15) is 18.3 Å². The fourth-order valence-electron chi connectivity index (χ4n) is 1.95. The second-order valence-electron chi connectivity index (χ2n) is 4.14. The summed E-state index contributed by atoms with van der Waals surface area (Å²) in [5.41, 5.74) is 6.99. The summed E-state index contributed by atoms with van der Waals surface area (Å²) in [4.78, 5) is 31.2. The molecule has 0 fully saturated rings. The van der Waals surface area contributed by atoms with Gasteiger partial charge in [-0.05, 0) is 6.92 Å². The monoisotopic (exact) mass is 238 g/mol. The molecule has 2 rings (SSSR count). The molecule has 2 heterocycles. The number of fused-ring (bicyclic) bond motifs is 1. The highest BCUT2D eigenvalue weighted by Gasteiger charge is 2.36. The van der Waals surface area contributed by atoms with Crippen molar-refractivity contribution >= 4 is 11.9 Å². The highest BCUT2D eigenvalue weighted by atomic mass is 16.4. The van der Waals surface area contributed by atoms with E-state index in [1.54, 1.807) is 6.92 Å². The Balaban J connectivity index is 2.31. The summed E-state index contributed by atoms with van der Waals surface area (Å²) in [6.45, 7) is 1.76. The zero-order chi connectivity index (χ0) is 12.6. The molecule has 0 saturated heterocycles. The number of nitrogens with zero attached hydrogens (tertiary/aromatic N) is 2. The molecular formula is C10H14N4O3. The van der Waals surface area contributed by atoms with E-state index in [1.165, 1.54) is 11.2 Å². The van der Waals surface area contributed by atoms with Crippen molar-refractivity contribution in [2.75, 3.05) is 0 Å². The van der Waals surface area contributed by atoms with E-state index in [0.29, 0.717) is 5.69 Å². The van der Waals surface area contributed by atoms with E-state index in [1.807, 2.05) is 0 Å². The molecule has 1 aliphatic heterocycles. The lowest BCUT2D eigenvalue weighted by Crippen LogP contribution is -2.53. The van der Waals surface area contributed by atoms with Crippen LogP contribution in [-0.4, -0.2) is 43.9 Å². The topological polar surface area (TPSA) is 112 Å². The lowest BCUT2D eigenvalue weighted by atomic mass is 10.0. The fourth-order valence-corrected chi connectivity index (χ4v) is 1.95. The quantitative estimate of drug-likeness (QED) is 0.617. The Bertz CT molecular complexity index is 454. The van der Waals surface area contributed by atoms with E-state index in [4.69, 9.17) is 10.8 Å². The number of aromatic nitrogens is 2. The van der Waals surface area contributed by atoms with Crippen LogP contribution in [0.4, 0.5) is 0 Å². The van der Waals surface area contributed by atoms with Gasteiger partial charge in [-0.3, -0.25) is 4.79 Å². The molecule has 0 spiro atoms. The van der Waals surface area contributed by atoms with Crippen LogP contribution in [0, 0.1) is 0 Å². The molecule has 0 bridgehead atoms. The van der Waals surface area contributed by atoms with Gasteiger partial charge >= 0.3 is 5.97 Å². The van der Waals surface area contributed by atoms with Crippen LogP contribution < -0.4 is 5.73 Å². The summed E-state index contributed by atoms with van der Waals surface area (Å²) in [7, 11) is 0. The summed E-state index contributed by atoms with van der Waals surface area (Å²) < 4.78 is 0. The van der Waals surface area contributed by atoms with Gasteiger partial charge < -0.3 is 20.7 Å². The van der Waals surface area contributed by atoms with E-state index >= 15 is 0 Å². The van der Waals surface area contributed by atoms with Crippen molar-refractivity contribution in [3.63, 3.8) is 0 Å². The number of carbonyl (C=O) groups excluding carboxylic acids is 1. The normalized spacial score (nSPS) is 20.8. The average Bonchev–Trinajstić information content (AvgIpc) is 2.72. The number of hydrogen-bond donors (Lipinski definition) is 3. The summed E-state index contributed by atoms with van der Waals surface area (Å²) in [5, 5.41) is 9.13. The van der Waals surface area contributed by atoms with Gasteiger partial charge in [0, 0.05) is 6.42 Å². The van der Waals surface area contributed by atoms with Crippen molar-refractivity contribution in [2.45, 2.75) is 32.0 Å². The van der Waals surface area contributed by atoms with Crippen molar-refractivity contribution in [3.8, 4) is 0 Å². The first kappa shape index (κ1) is 11.6. The van der Waals surface area contributed by atoms with Gasteiger partial charge in [0.05, 0.1) is 30.3 Å². The third-order valence-electron chi connectivity index (χ3n) is 2.86. The number of carbonyl (C=O) groups is 2. The third kappa shape index (κ3) is 2.01. The Hall–Kier alpha value is -1.89. The van der Waals surface area contributed by atoms with Crippen LogP contribution in [0.2, 0.25) is 0 Å². The molecule has 7 nitrogen and oxygen atoms in total. The Morgan fingerprint density at radius 2 is 2.41 bits per heavy atom. The molecule has 0 radical (unpaired) electrons. The Labute approximate surface area is 97.6 Å². The van der Waals surface area contributed by atoms with Crippen molar-refractivity contribution in [2.24, 2.45) is 5.73 Å². The van der Waals surface area contributed by atoms with Gasteiger partial charge in [0.15, 0.2) is 0 Å². The van der Waals surface area contributed by atoms with Gasteiger partial charge in [0.1, 0.15) is 6.04 Å². The van der Waals surface area contributed by atoms with Crippen molar-refractivity contribution in [1.29, 1.82) is 0 Å². The number of carboxylic acids is 1. The zero-order valence-electron chi connectivity index (χ0n) is 9.38. The maximum absolute atomic E-state index is 11.8. The standard InChI is InChI=1S/C10H14N4O3/c1-5(11)9(15)14-3-7-6(12-4-13-7)2-8(14)10(16)17/h4-5,8H,2-3,11H2,1H3,(H,12,13)(H,16,17). The van der Waals surface area contributed by atoms with Gasteiger partial charge in [-0.15, -0.1) is 0 Å². The maximum Gasteiger partial charge on any atom is 0.326 e. The van der Waals surface area contributed by atoms with Gasteiger partial charge in [0.25, 0.3) is 0 Å². The van der Waals surface area contributed by atoms with Crippen molar-refractivity contribution in [3.05, 3.63) is 17.7 Å². The van der Waals surface area contributed by atoms with Crippen LogP contribution in [0.25, 0.3) is 0 Å². The molecule has 0 aliphatic carbocycles. The van der Waals surface area contributed by atoms with Crippen LogP contribution in [0.3, 0.4) is 0 Å². The Morgan fingerprint density at radius 1 is 1.71 bits per heavy atom. The van der Waals surface area contributed by atoms with Gasteiger partial charge in [-0.1, -0.05) is 0 Å². The predicted molar refractivity (Wildman–Crippen MR) is 57.9 cm³/mol. The molecule has 7 heteroatoms. The van der Waals surface area contributed by atoms with E-state index in [0.717, 1.165) is 5.69 Å². The number of nitrogens with one attached hydrogen (secondary N) is 1. The third-order valence-corrected chi connectivity index (χ3v) is 2.86. The molecule has 0 aromatic carbocycles. The minimum Gasteiger partial charge on any atom is -0.480 e. The highest BCUT2D eigenvalue weighted by molar-refractivity contribution is 5.87. The second kappa shape index (κ2) is 4.17. The first-order valence-corrected chi connectivity index (χ1v) is 5.30. The van der Waals surface area contributed by atoms with Crippen LogP contribution in [-0.2, 0) is 22.6 Å². The van der Waals surface area contributed by atoms with E-state index in [2.05, 4.69) is 9.97 Å². The summed E-state index contributed by atoms with van der Waals surface area (Å²) in [6, 6.07) is -1.59. The number of aromatic amines is 1. The Morgan fingerprint density at radius 3 is 3.00 bits per heavy atom. The minimum atomic E-state index is -1.03. The van der Waals surface area contributed by atoms with Gasteiger partial charge in [-0.2, -0.15) is 0 Å². The lowest BCUT2D eigenvalue weighted by molar-refractivity contribution is -0.151. The van der Waals surface area contributed by atoms with Gasteiger partial charge in [-0.25, -0.2) is 9.78 Å². The largest absolute Gasteiger partial charge is 0.480 e. The van der Waals surface area contributed by atoms with Crippen LogP contribution >= 0.6 is 0 Å². The maximum atomic E-state index is 11.8. The number of rotatable bonds is 2. The van der Waals surface area contributed by atoms with Crippen molar-refractivity contribution in [1.82, 2.24) is 14.9 Å². The molecule has 2 atom stereocenters. The molecule has 1 aliphatic rings. The van der Waals surface area contributed by atoms with Crippen molar-refractivity contribution < 1.29 is 14.7 Å². The number of carboxylic acid groups (broad SMARTS) is 1. The minimum absolute atomic E-state index is 0.215. The molecule has 1 aromatic heterocycles. The first-order chi connectivity index (χ1) is 8.00. The van der Waals surface area contributed by atoms with Crippen LogP contribution in [0.15, 0.2) is 6.33 Å². The highest BCUT2D eigenvalue weighted by Crippen LogP contribution is 2.21. The number of aliphatic carboxylic acids is 1. The molecule has 2 unspecified atom stereocenters. The summed E-state index contributed by atoms with van der Waals surface area (Å²) in [6.07, 6.45) is 1.72. The zero-order valence-corrected chi connectivity index (χ0v) is 9.38. The SMILES string of the molecule is CC(N)C(=O)N1Cc2[nH]cnc2CC1C(=O)O. The Kier molecular flexibility index (Phi) is 2.84. The molecule has 0 saturated carbocycles.